The molecule has 0 aliphatic rings. The second-order valence-electron chi connectivity index (χ2n) is 5.27. The lowest BCUT2D eigenvalue weighted by Crippen LogP contribution is -2.11. The molecule has 11 heteroatoms. The minimum absolute atomic E-state index is 0.0203. The summed E-state index contributed by atoms with van der Waals surface area (Å²) >= 11 is 33.4. The number of benzene rings is 1. The number of carbonyl (C=O) groups is 1. The van der Waals surface area contributed by atoms with Crippen LogP contribution in [-0.4, -0.2) is 10.9 Å². The van der Waals surface area contributed by atoms with Crippen LogP contribution >= 0.6 is 73.9 Å². The van der Waals surface area contributed by atoms with Gasteiger partial charge in [0.1, 0.15) is 28.2 Å². The van der Waals surface area contributed by atoms with Gasteiger partial charge in [-0.25, -0.2) is 4.98 Å². The highest BCUT2D eigenvalue weighted by atomic mass is 79.9. The molecule has 146 valence electrons. The average Bonchev–Trinajstić information content (AvgIpc) is 3.16. The maximum Gasteiger partial charge on any atom is 0.292 e. The van der Waals surface area contributed by atoms with E-state index in [9.17, 15) is 4.79 Å². The molecular formula is C17H8BrCl5N2O3. The van der Waals surface area contributed by atoms with E-state index in [0.717, 1.165) is 4.47 Å². The van der Waals surface area contributed by atoms with Crippen LogP contribution in [0.1, 0.15) is 16.3 Å². The zero-order chi connectivity index (χ0) is 20.4. The van der Waals surface area contributed by atoms with E-state index in [1.54, 1.807) is 24.4 Å². The van der Waals surface area contributed by atoms with Crippen LogP contribution in [0.25, 0.3) is 0 Å². The third-order valence-corrected chi connectivity index (χ3v) is 6.09. The Bertz CT molecular complexity index is 1010. The van der Waals surface area contributed by atoms with E-state index in [4.69, 9.17) is 67.2 Å². The quantitative estimate of drug-likeness (QED) is 0.266. The summed E-state index contributed by atoms with van der Waals surface area (Å²) in [5.41, 5.74) is 0. The summed E-state index contributed by atoms with van der Waals surface area (Å²) in [6.45, 7) is -0.0719. The zero-order valence-corrected chi connectivity index (χ0v) is 18.9. The van der Waals surface area contributed by atoms with Crippen molar-refractivity contribution in [2.75, 3.05) is 5.32 Å². The fourth-order valence-electron chi connectivity index (χ4n) is 2.06. The molecule has 1 aromatic carbocycles. The molecule has 5 nitrogen and oxygen atoms in total. The van der Waals surface area contributed by atoms with Gasteiger partial charge in [-0.2, -0.15) is 0 Å². The highest BCUT2D eigenvalue weighted by Gasteiger charge is 2.21. The van der Waals surface area contributed by atoms with E-state index in [1.807, 2.05) is 0 Å². The Balaban J connectivity index is 1.70. The topological polar surface area (TPSA) is 64.4 Å². The highest BCUT2D eigenvalue weighted by molar-refractivity contribution is 9.10. The average molecular weight is 545 g/mol. The van der Waals surface area contributed by atoms with Gasteiger partial charge >= 0.3 is 0 Å². The van der Waals surface area contributed by atoms with E-state index in [-0.39, 0.29) is 43.2 Å². The van der Waals surface area contributed by atoms with Crippen molar-refractivity contribution < 1.29 is 13.9 Å². The van der Waals surface area contributed by atoms with Gasteiger partial charge in [0.05, 0.1) is 15.1 Å². The molecule has 0 unspecified atom stereocenters. The van der Waals surface area contributed by atoms with Crippen LogP contribution in [-0.2, 0) is 6.61 Å². The molecule has 0 bridgehead atoms. The summed E-state index contributed by atoms with van der Waals surface area (Å²) in [6.07, 6.45) is 1.56. The van der Waals surface area contributed by atoms with Gasteiger partial charge in [0, 0.05) is 10.7 Å². The standard InChI is InChI=1S/C17H8BrCl5N2O3/c18-7-1-4-10(24-5-7)25-17(26)9-3-2-8(28-9)6-27-16-14(22)12(20)11(19)13(21)15(16)23/h1-5H,6H2,(H,24,25,26). The van der Waals surface area contributed by atoms with Gasteiger partial charge in [0.15, 0.2) is 11.5 Å². The molecule has 1 N–H and O–H groups in total. The lowest BCUT2D eigenvalue weighted by Gasteiger charge is -2.12. The smallest absolute Gasteiger partial charge is 0.292 e. The molecule has 1 amide bonds. The number of nitrogens with zero attached hydrogens (tertiary/aromatic N) is 1. The van der Waals surface area contributed by atoms with E-state index >= 15 is 0 Å². The second kappa shape index (κ2) is 9.11. The fourth-order valence-corrected chi connectivity index (χ4v) is 3.52. The monoisotopic (exact) mass is 542 g/mol. The van der Waals surface area contributed by atoms with Gasteiger partial charge in [0.25, 0.3) is 5.91 Å². The van der Waals surface area contributed by atoms with Gasteiger partial charge in [-0.1, -0.05) is 58.0 Å². The number of furan rings is 1. The van der Waals surface area contributed by atoms with Crippen molar-refractivity contribution >= 4 is 85.7 Å². The number of nitrogens with one attached hydrogen (secondary N) is 1. The van der Waals surface area contributed by atoms with Crippen LogP contribution in [0.3, 0.4) is 0 Å². The molecule has 0 fully saturated rings. The van der Waals surface area contributed by atoms with Crippen LogP contribution in [0, 0.1) is 0 Å². The molecule has 2 heterocycles. The summed E-state index contributed by atoms with van der Waals surface area (Å²) in [5, 5.41) is 2.73. The molecule has 2 aromatic heterocycles. The molecule has 0 spiro atoms. The van der Waals surface area contributed by atoms with Gasteiger partial charge in [0.2, 0.25) is 0 Å². The minimum atomic E-state index is -0.463. The maximum atomic E-state index is 12.2. The number of ether oxygens (including phenoxy) is 1. The molecule has 3 aromatic rings. The Hall–Kier alpha value is -1.15. The third kappa shape index (κ3) is 4.70. The van der Waals surface area contributed by atoms with Crippen LogP contribution in [0.5, 0.6) is 5.75 Å². The van der Waals surface area contributed by atoms with Gasteiger partial charge in [-0.3, -0.25) is 4.79 Å². The number of hydrogen-bond donors (Lipinski definition) is 1. The van der Waals surface area contributed by atoms with E-state index in [0.29, 0.717) is 11.6 Å². The summed E-state index contributed by atoms with van der Waals surface area (Å²) in [5.74, 6) is 0.404. The van der Waals surface area contributed by atoms with Crippen molar-refractivity contribution in [1.82, 2.24) is 4.98 Å². The van der Waals surface area contributed by atoms with E-state index in [1.165, 1.54) is 6.07 Å². The Morgan fingerprint density at radius 2 is 1.64 bits per heavy atom. The molecule has 3 rings (SSSR count). The van der Waals surface area contributed by atoms with Crippen molar-refractivity contribution in [2.24, 2.45) is 0 Å². The lowest BCUT2D eigenvalue weighted by atomic mass is 10.3. The first-order valence-electron chi connectivity index (χ1n) is 7.43. The number of pyridine rings is 1. The Kier molecular flexibility index (Phi) is 7.02. The number of anilines is 1. The Morgan fingerprint density at radius 3 is 2.25 bits per heavy atom. The number of amides is 1. The minimum Gasteiger partial charge on any atom is -0.482 e. The SMILES string of the molecule is O=C(Nc1ccc(Br)cn1)c1ccc(COc2c(Cl)c(Cl)c(Cl)c(Cl)c2Cl)o1. The number of aromatic nitrogens is 1. The van der Waals surface area contributed by atoms with Crippen LogP contribution < -0.4 is 10.1 Å². The Labute approximate surface area is 192 Å². The first kappa shape index (κ1) is 21.6. The van der Waals surface area contributed by atoms with Crippen molar-refractivity contribution in [2.45, 2.75) is 6.61 Å². The maximum absolute atomic E-state index is 12.2. The molecule has 28 heavy (non-hydrogen) atoms. The zero-order valence-electron chi connectivity index (χ0n) is 13.5. The number of hydrogen-bond acceptors (Lipinski definition) is 4. The molecule has 0 saturated heterocycles. The van der Waals surface area contributed by atoms with Gasteiger partial charge in [-0.05, 0) is 40.2 Å². The predicted octanol–water partition coefficient (Wildman–Crippen LogP) is 7.54. The summed E-state index contributed by atoms with van der Waals surface area (Å²) in [6, 6.07) is 6.47. The summed E-state index contributed by atoms with van der Waals surface area (Å²) in [4.78, 5) is 16.3. The molecule has 0 aliphatic heterocycles. The molecule has 0 atom stereocenters. The van der Waals surface area contributed by atoms with Crippen LogP contribution in [0.15, 0.2) is 39.4 Å². The molecule has 0 radical (unpaired) electrons. The first-order chi connectivity index (χ1) is 13.3. The van der Waals surface area contributed by atoms with E-state index < -0.39 is 5.91 Å². The number of halogens is 6. The summed E-state index contributed by atoms with van der Waals surface area (Å²) in [7, 11) is 0. The van der Waals surface area contributed by atoms with E-state index in [2.05, 4.69) is 26.2 Å². The largest absolute Gasteiger partial charge is 0.482 e. The van der Waals surface area contributed by atoms with Crippen LogP contribution in [0.4, 0.5) is 5.82 Å². The second-order valence-corrected chi connectivity index (χ2v) is 8.07. The third-order valence-electron chi connectivity index (χ3n) is 3.38. The highest BCUT2D eigenvalue weighted by Crippen LogP contribution is 2.48. The van der Waals surface area contributed by atoms with Crippen molar-refractivity contribution in [3.63, 3.8) is 0 Å². The van der Waals surface area contributed by atoms with Crippen LogP contribution in [0.2, 0.25) is 25.1 Å². The number of carbonyl (C=O) groups excluding carboxylic acids is 1. The van der Waals surface area contributed by atoms with Crippen molar-refractivity contribution in [1.29, 1.82) is 0 Å². The van der Waals surface area contributed by atoms with Crippen molar-refractivity contribution in [3.05, 3.63) is 71.6 Å². The van der Waals surface area contributed by atoms with Crippen molar-refractivity contribution in [3.8, 4) is 5.75 Å². The lowest BCUT2D eigenvalue weighted by molar-refractivity contribution is 0.0992. The van der Waals surface area contributed by atoms with Gasteiger partial charge < -0.3 is 14.5 Å². The number of rotatable bonds is 5. The summed E-state index contributed by atoms with van der Waals surface area (Å²) < 4.78 is 11.8. The molecule has 0 saturated carbocycles. The first-order valence-corrected chi connectivity index (χ1v) is 10.1. The fraction of sp³-hybridized carbons (Fsp3) is 0.0588. The molecule has 0 aliphatic carbocycles. The van der Waals surface area contributed by atoms with Gasteiger partial charge in [-0.15, -0.1) is 0 Å². The normalized spacial score (nSPS) is 10.8. The predicted molar refractivity (Wildman–Crippen MR) is 114 cm³/mol. The molecular weight excluding hydrogens is 537 g/mol. The Morgan fingerprint density at radius 1 is 1.00 bits per heavy atom.